The van der Waals surface area contributed by atoms with Crippen LogP contribution in [0.3, 0.4) is 0 Å². The molecule has 2 heterocycles. The lowest BCUT2D eigenvalue weighted by Crippen LogP contribution is -2.26. The van der Waals surface area contributed by atoms with Crippen LogP contribution in [0.4, 0.5) is 0 Å². The molecule has 0 atom stereocenters. The van der Waals surface area contributed by atoms with Crippen molar-refractivity contribution in [1.29, 1.82) is 0 Å². The zero-order chi connectivity index (χ0) is 13.4. The van der Waals surface area contributed by atoms with Gasteiger partial charge >= 0.3 is 0 Å². The van der Waals surface area contributed by atoms with Crippen LogP contribution in [0.25, 0.3) is 11.3 Å². The largest absolute Gasteiger partial charge is 0.440 e. The molecule has 1 aliphatic heterocycles. The Morgan fingerprint density at radius 3 is 2.85 bits per heavy atom. The molecule has 2 aliphatic rings. The fourth-order valence-corrected chi connectivity index (χ4v) is 3.40. The number of fused-ring (bicyclic) bond motifs is 1. The molecule has 1 aliphatic carbocycles. The summed E-state index contributed by atoms with van der Waals surface area (Å²) in [6, 6.07) is 6.72. The second kappa shape index (κ2) is 5.06. The van der Waals surface area contributed by atoms with Crippen molar-refractivity contribution in [3.05, 3.63) is 41.4 Å². The standard InChI is InChI=1S/C17H20N2O/c1-2-12-4-5-15(10-14(12)3-1)16-11-19-17(20-16)13-6-8-18-9-7-13/h4-5,10-11,13,18H,1-3,6-9H2. The van der Waals surface area contributed by atoms with Gasteiger partial charge in [-0.15, -0.1) is 0 Å². The average molecular weight is 268 g/mol. The third-order valence-electron chi connectivity index (χ3n) is 4.59. The minimum Gasteiger partial charge on any atom is -0.440 e. The van der Waals surface area contributed by atoms with Gasteiger partial charge in [-0.25, -0.2) is 4.98 Å². The van der Waals surface area contributed by atoms with Crippen LogP contribution in [-0.2, 0) is 12.8 Å². The van der Waals surface area contributed by atoms with Gasteiger partial charge in [0.05, 0.1) is 6.20 Å². The van der Waals surface area contributed by atoms with Crippen LogP contribution in [-0.4, -0.2) is 18.1 Å². The number of piperidine rings is 1. The summed E-state index contributed by atoms with van der Waals surface area (Å²) in [6.45, 7) is 2.14. The van der Waals surface area contributed by atoms with Crippen molar-refractivity contribution in [3.63, 3.8) is 0 Å². The lowest BCUT2D eigenvalue weighted by atomic mass is 9.98. The Bertz CT molecular complexity index is 611. The van der Waals surface area contributed by atoms with Gasteiger partial charge in [-0.3, -0.25) is 0 Å². The molecule has 1 aromatic carbocycles. The molecule has 2 aromatic rings. The Morgan fingerprint density at radius 1 is 1.10 bits per heavy atom. The highest BCUT2D eigenvalue weighted by molar-refractivity contribution is 5.59. The molecule has 1 fully saturated rings. The predicted octanol–water partition coefficient (Wildman–Crippen LogP) is 3.30. The lowest BCUT2D eigenvalue weighted by molar-refractivity contribution is 0.378. The lowest BCUT2D eigenvalue weighted by Gasteiger charge is -2.19. The van der Waals surface area contributed by atoms with E-state index in [-0.39, 0.29) is 0 Å². The molecule has 20 heavy (non-hydrogen) atoms. The monoisotopic (exact) mass is 268 g/mol. The summed E-state index contributed by atoms with van der Waals surface area (Å²) in [5.41, 5.74) is 4.17. The number of hydrogen-bond donors (Lipinski definition) is 1. The van der Waals surface area contributed by atoms with Gasteiger partial charge in [-0.1, -0.05) is 12.1 Å². The number of aryl methyl sites for hydroxylation is 2. The van der Waals surface area contributed by atoms with Gasteiger partial charge in [0.2, 0.25) is 0 Å². The maximum absolute atomic E-state index is 6.03. The molecule has 1 saturated heterocycles. The Morgan fingerprint density at radius 2 is 1.95 bits per heavy atom. The van der Waals surface area contributed by atoms with Crippen molar-refractivity contribution in [2.45, 2.75) is 38.0 Å². The summed E-state index contributed by atoms with van der Waals surface area (Å²) < 4.78 is 6.03. The molecule has 0 amide bonds. The van der Waals surface area contributed by atoms with E-state index in [1.54, 1.807) is 0 Å². The van der Waals surface area contributed by atoms with E-state index in [4.69, 9.17) is 4.42 Å². The number of oxazole rings is 1. The summed E-state index contributed by atoms with van der Waals surface area (Å²) in [6.07, 6.45) is 7.88. The van der Waals surface area contributed by atoms with E-state index in [9.17, 15) is 0 Å². The van der Waals surface area contributed by atoms with Crippen molar-refractivity contribution < 1.29 is 4.42 Å². The zero-order valence-corrected chi connectivity index (χ0v) is 11.7. The van der Waals surface area contributed by atoms with Crippen molar-refractivity contribution in [2.24, 2.45) is 0 Å². The van der Waals surface area contributed by atoms with Gasteiger partial charge < -0.3 is 9.73 Å². The Kier molecular flexibility index (Phi) is 3.07. The molecule has 0 radical (unpaired) electrons. The highest BCUT2D eigenvalue weighted by Gasteiger charge is 2.21. The fourth-order valence-electron chi connectivity index (χ4n) is 3.40. The number of nitrogens with zero attached hydrogens (tertiary/aromatic N) is 1. The highest BCUT2D eigenvalue weighted by atomic mass is 16.4. The second-order valence-electron chi connectivity index (χ2n) is 5.92. The summed E-state index contributed by atoms with van der Waals surface area (Å²) in [5, 5.41) is 3.38. The maximum Gasteiger partial charge on any atom is 0.198 e. The smallest absolute Gasteiger partial charge is 0.198 e. The van der Waals surface area contributed by atoms with Gasteiger partial charge in [0, 0.05) is 11.5 Å². The van der Waals surface area contributed by atoms with E-state index in [1.807, 2.05) is 6.20 Å². The first-order chi connectivity index (χ1) is 9.90. The number of nitrogens with one attached hydrogen (secondary N) is 1. The molecule has 4 rings (SSSR count). The van der Waals surface area contributed by atoms with Crippen LogP contribution in [0, 0.1) is 0 Å². The van der Waals surface area contributed by atoms with Gasteiger partial charge in [-0.05, 0) is 62.4 Å². The van der Waals surface area contributed by atoms with Gasteiger partial charge in [0.25, 0.3) is 0 Å². The van der Waals surface area contributed by atoms with Crippen molar-refractivity contribution >= 4 is 0 Å². The maximum atomic E-state index is 6.03. The number of benzene rings is 1. The van der Waals surface area contributed by atoms with E-state index < -0.39 is 0 Å². The summed E-state index contributed by atoms with van der Waals surface area (Å²) in [4.78, 5) is 4.52. The minimum atomic E-state index is 0.486. The van der Waals surface area contributed by atoms with E-state index in [1.165, 1.54) is 36.0 Å². The van der Waals surface area contributed by atoms with Gasteiger partial charge in [-0.2, -0.15) is 0 Å². The molecule has 0 spiro atoms. The summed E-state index contributed by atoms with van der Waals surface area (Å²) >= 11 is 0. The molecule has 3 heteroatoms. The first-order valence-electron chi connectivity index (χ1n) is 7.69. The number of rotatable bonds is 2. The van der Waals surface area contributed by atoms with E-state index in [2.05, 4.69) is 28.5 Å². The molecular weight excluding hydrogens is 248 g/mol. The predicted molar refractivity (Wildman–Crippen MR) is 78.8 cm³/mol. The number of aromatic nitrogens is 1. The SMILES string of the molecule is c1cc2c(cc1-c1cnc(C3CCNCC3)o1)CCC2. The van der Waals surface area contributed by atoms with Crippen LogP contribution >= 0.6 is 0 Å². The van der Waals surface area contributed by atoms with Crippen molar-refractivity contribution in [1.82, 2.24) is 10.3 Å². The normalized spacial score (nSPS) is 19.2. The molecule has 0 unspecified atom stereocenters. The Labute approximate surface area is 119 Å². The van der Waals surface area contributed by atoms with Crippen LogP contribution in [0.5, 0.6) is 0 Å². The van der Waals surface area contributed by atoms with Crippen LogP contribution in [0.15, 0.2) is 28.8 Å². The third-order valence-corrected chi connectivity index (χ3v) is 4.59. The second-order valence-corrected chi connectivity index (χ2v) is 5.92. The topological polar surface area (TPSA) is 38.1 Å². The van der Waals surface area contributed by atoms with E-state index in [0.717, 1.165) is 37.6 Å². The van der Waals surface area contributed by atoms with Crippen molar-refractivity contribution in [2.75, 3.05) is 13.1 Å². The molecule has 3 nitrogen and oxygen atoms in total. The molecule has 0 bridgehead atoms. The van der Waals surface area contributed by atoms with Gasteiger partial charge in [0.1, 0.15) is 0 Å². The Hall–Kier alpha value is -1.61. The van der Waals surface area contributed by atoms with E-state index >= 15 is 0 Å². The molecule has 1 N–H and O–H groups in total. The average Bonchev–Trinajstić information content (AvgIpc) is 3.16. The van der Waals surface area contributed by atoms with E-state index in [0.29, 0.717) is 5.92 Å². The fraction of sp³-hybridized carbons (Fsp3) is 0.471. The van der Waals surface area contributed by atoms with Gasteiger partial charge in [0.15, 0.2) is 11.7 Å². The summed E-state index contributed by atoms with van der Waals surface area (Å²) in [5.74, 6) is 2.33. The first-order valence-corrected chi connectivity index (χ1v) is 7.69. The van der Waals surface area contributed by atoms with Crippen LogP contribution in [0.2, 0.25) is 0 Å². The third kappa shape index (κ3) is 2.16. The quantitative estimate of drug-likeness (QED) is 0.908. The zero-order valence-electron chi connectivity index (χ0n) is 11.7. The summed E-state index contributed by atoms with van der Waals surface area (Å²) in [7, 11) is 0. The highest BCUT2D eigenvalue weighted by Crippen LogP contribution is 2.31. The molecule has 1 aromatic heterocycles. The first kappa shape index (κ1) is 12.2. The van der Waals surface area contributed by atoms with Crippen LogP contribution in [0.1, 0.15) is 42.2 Å². The molecule has 104 valence electrons. The van der Waals surface area contributed by atoms with Crippen LogP contribution < -0.4 is 5.32 Å². The van der Waals surface area contributed by atoms with Crippen molar-refractivity contribution in [3.8, 4) is 11.3 Å². The molecule has 0 saturated carbocycles. The Balaban J connectivity index is 1.61. The number of hydrogen-bond acceptors (Lipinski definition) is 3. The molecular formula is C17H20N2O. The minimum absolute atomic E-state index is 0.486.